The molecule has 21 heavy (non-hydrogen) atoms. The highest BCUT2D eigenvalue weighted by Crippen LogP contribution is 2.54. The van der Waals surface area contributed by atoms with E-state index in [0.717, 1.165) is 11.8 Å². The van der Waals surface area contributed by atoms with Crippen LogP contribution >= 0.6 is 0 Å². The van der Waals surface area contributed by atoms with E-state index in [1.807, 2.05) is 0 Å². The quantitative estimate of drug-likeness (QED) is 0.757. The Morgan fingerprint density at radius 2 is 1.71 bits per heavy atom. The second kappa shape index (κ2) is 4.94. The van der Waals surface area contributed by atoms with Crippen molar-refractivity contribution in [3.63, 3.8) is 0 Å². The van der Waals surface area contributed by atoms with Gasteiger partial charge in [0.25, 0.3) is 0 Å². The van der Waals surface area contributed by atoms with E-state index >= 15 is 0 Å². The second-order valence-corrected chi connectivity index (χ2v) is 6.73. The summed E-state index contributed by atoms with van der Waals surface area (Å²) in [5, 5.41) is 9.10. The molecule has 2 saturated carbocycles. The van der Waals surface area contributed by atoms with Gasteiger partial charge in [0.1, 0.15) is 0 Å². The zero-order valence-electron chi connectivity index (χ0n) is 12.8. The minimum Gasteiger partial charge on any atom is -0.160 e. The van der Waals surface area contributed by atoms with Crippen molar-refractivity contribution in [1.82, 2.24) is 0 Å². The van der Waals surface area contributed by atoms with Gasteiger partial charge >= 0.3 is 0 Å². The SMILES string of the molecule is C/C=C/c1ccc(C2=NN=C(C)C3C4CCC(C4)C23)cc1. The first-order valence-electron chi connectivity index (χ1n) is 8.13. The summed E-state index contributed by atoms with van der Waals surface area (Å²) >= 11 is 0. The normalized spacial score (nSPS) is 34.0. The molecule has 108 valence electrons. The molecule has 0 amide bonds. The summed E-state index contributed by atoms with van der Waals surface area (Å²) in [5.74, 6) is 2.97. The number of fused-ring (bicyclic) bond motifs is 5. The summed E-state index contributed by atoms with van der Waals surface area (Å²) in [6, 6.07) is 8.80. The van der Waals surface area contributed by atoms with Crippen LogP contribution in [-0.2, 0) is 0 Å². The van der Waals surface area contributed by atoms with Crippen molar-refractivity contribution in [1.29, 1.82) is 0 Å². The van der Waals surface area contributed by atoms with Gasteiger partial charge in [-0.2, -0.15) is 10.2 Å². The molecule has 2 aliphatic carbocycles. The van der Waals surface area contributed by atoms with E-state index in [9.17, 15) is 0 Å². The summed E-state index contributed by atoms with van der Waals surface area (Å²) in [6.45, 7) is 4.23. The first-order chi connectivity index (χ1) is 10.3. The lowest BCUT2D eigenvalue weighted by molar-refractivity contribution is 0.349. The molecule has 4 rings (SSSR count). The van der Waals surface area contributed by atoms with Gasteiger partial charge in [-0.05, 0) is 56.1 Å². The van der Waals surface area contributed by atoms with Crippen LogP contribution in [0.15, 0.2) is 40.5 Å². The van der Waals surface area contributed by atoms with Crippen LogP contribution in [0.25, 0.3) is 6.08 Å². The van der Waals surface area contributed by atoms with E-state index in [4.69, 9.17) is 0 Å². The van der Waals surface area contributed by atoms with E-state index in [0.29, 0.717) is 11.8 Å². The Balaban J connectivity index is 1.71. The van der Waals surface area contributed by atoms with Gasteiger partial charge in [-0.1, -0.05) is 36.4 Å². The molecule has 4 unspecified atom stereocenters. The second-order valence-electron chi connectivity index (χ2n) is 6.73. The third-order valence-electron chi connectivity index (χ3n) is 5.60. The summed E-state index contributed by atoms with van der Waals surface area (Å²) < 4.78 is 0. The molecular weight excluding hydrogens is 256 g/mol. The van der Waals surface area contributed by atoms with Crippen LogP contribution in [0, 0.1) is 23.7 Å². The molecule has 4 atom stereocenters. The van der Waals surface area contributed by atoms with Crippen molar-refractivity contribution in [3.05, 3.63) is 41.5 Å². The molecule has 0 saturated heterocycles. The molecule has 1 aromatic rings. The standard InChI is InChI=1S/C19H22N2/c1-3-4-13-5-7-14(8-6-13)19-18-16-10-9-15(11-16)17(18)12(2)20-21-19/h3-8,15-18H,9-11H2,1-2H3/b4-3+. The number of allylic oxidation sites excluding steroid dienone is 1. The Morgan fingerprint density at radius 1 is 1.00 bits per heavy atom. The van der Waals surface area contributed by atoms with Crippen LogP contribution < -0.4 is 0 Å². The summed E-state index contributed by atoms with van der Waals surface area (Å²) in [4.78, 5) is 0. The van der Waals surface area contributed by atoms with E-state index in [1.54, 1.807) is 0 Å². The zero-order chi connectivity index (χ0) is 14.4. The van der Waals surface area contributed by atoms with Gasteiger partial charge in [0, 0.05) is 17.5 Å². The maximum atomic E-state index is 4.60. The van der Waals surface area contributed by atoms with Gasteiger partial charge in [0.15, 0.2) is 0 Å². The van der Waals surface area contributed by atoms with Gasteiger partial charge in [0.05, 0.1) is 5.71 Å². The first-order valence-corrected chi connectivity index (χ1v) is 8.13. The predicted octanol–water partition coefficient (Wildman–Crippen LogP) is 4.56. The summed E-state index contributed by atoms with van der Waals surface area (Å²) in [5.41, 5.74) is 5.02. The number of benzene rings is 1. The molecule has 0 aromatic heterocycles. The Labute approximate surface area is 126 Å². The fourth-order valence-corrected chi connectivity index (χ4v) is 4.76. The molecular formula is C19H22N2. The smallest absolute Gasteiger partial charge is 0.0742 e. The van der Waals surface area contributed by atoms with Crippen LogP contribution in [0.2, 0.25) is 0 Å². The van der Waals surface area contributed by atoms with Crippen molar-refractivity contribution in [3.8, 4) is 0 Å². The van der Waals surface area contributed by atoms with E-state index < -0.39 is 0 Å². The predicted molar refractivity (Wildman–Crippen MR) is 88.6 cm³/mol. The number of hydrogen-bond donors (Lipinski definition) is 0. The van der Waals surface area contributed by atoms with Crippen molar-refractivity contribution < 1.29 is 0 Å². The zero-order valence-corrected chi connectivity index (χ0v) is 12.8. The molecule has 1 aromatic carbocycles. The molecule has 1 aliphatic heterocycles. The van der Waals surface area contributed by atoms with Gasteiger partial charge in [-0.15, -0.1) is 0 Å². The van der Waals surface area contributed by atoms with Crippen LogP contribution in [0.4, 0.5) is 0 Å². The van der Waals surface area contributed by atoms with Crippen molar-refractivity contribution in [2.75, 3.05) is 0 Å². The molecule has 2 nitrogen and oxygen atoms in total. The van der Waals surface area contributed by atoms with E-state index in [1.165, 1.54) is 41.8 Å². The lowest BCUT2D eigenvalue weighted by atomic mass is 9.72. The van der Waals surface area contributed by atoms with Crippen LogP contribution in [0.1, 0.15) is 44.2 Å². The Hall–Kier alpha value is -1.70. The monoisotopic (exact) mass is 278 g/mol. The minimum atomic E-state index is 0.619. The van der Waals surface area contributed by atoms with E-state index in [2.05, 4.69) is 60.5 Å². The third-order valence-corrected chi connectivity index (χ3v) is 5.60. The lowest BCUT2D eigenvalue weighted by Gasteiger charge is -2.34. The van der Waals surface area contributed by atoms with Gasteiger partial charge in [-0.25, -0.2) is 0 Å². The average Bonchev–Trinajstić information content (AvgIpc) is 3.11. The number of nitrogens with zero attached hydrogens (tertiary/aromatic N) is 2. The Kier molecular flexibility index (Phi) is 3.06. The fraction of sp³-hybridized carbons (Fsp3) is 0.474. The highest BCUT2D eigenvalue weighted by Gasteiger charge is 2.51. The summed E-state index contributed by atoms with van der Waals surface area (Å²) in [7, 11) is 0. The molecule has 2 bridgehead atoms. The highest BCUT2D eigenvalue weighted by atomic mass is 15.2. The fourth-order valence-electron chi connectivity index (χ4n) is 4.76. The molecule has 3 aliphatic rings. The molecule has 2 heteroatoms. The third kappa shape index (κ3) is 2.00. The summed E-state index contributed by atoms with van der Waals surface area (Å²) in [6.07, 6.45) is 8.38. The molecule has 2 fully saturated rings. The van der Waals surface area contributed by atoms with Crippen LogP contribution in [0.3, 0.4) is 0 Å². The number of rotatable bonds is 2. The van der Waals surface area contributed by atoms with Gasteiger partial charge < -0.3 is 0 Å². The maximum absolute atomic E-state index is 4.60. The Morgan fingerprint density at radius 3 is 2.43 bits per heavy atom. The molecule has 0 N–H and O–H groups in total. The highest BCUT2D eigenvalue weighted by molar-refractivity contribution is 6.07. The average molecular weight is 278 g/mol. The van der Waals surface area contributed by atoms with Crippen molar-refractivity contribution in [2.45, 2.75) is 33.1 Å². The van der Waals surface area contributed by atoms with Crippen molar-refractivity contribution in [2.24, 2.45) is 33.9 Å². The lowest BCUT2D eigenvalue weighted by Crippen LogP contribution is -2.36. The maximum Gasteiger partial charge on any atom is 0.0742 e. The first kappa shape index (κ1) is 13.0. The largest absolute Gasteiger partial charge is 0.160 e. The van der Waals surface area contributed by atoms with Crippen molar-refractivity contribution >= 4 is 17.5 Å². The number of hydrogen-bond acceptors (Lipinski definition) is 2. The topological polar surface area (TPSA) is 24.7 Å². The molecule has 0 spiro atoms. The van der Waals surface area contributed by atoms with Crippen LogP contribution in [-0.4, -0.2) is 11.4 Å². The Bertz CT molecular complexity index is 636. The van der Waals surface area contributed by atoms with E-state index in [-0.39, 0.29) is 0 Å². The molecule has 1 heterocycles. The molecule has 0 radical (unpaired) electrons. The van der Waals surface area contributed by atoms with Crippen LogP contribution in [0.5, 0.6) is 0 Å². The van der Waals surface area contributed by atoms with Gasteiger partial charge in [-0.3, -0.25) is 0 Å². The van der Waals surface area contributed by atoms with Gasteiger partial charge in [0.2, 0.25) is 0 Å². The minimum absolute atomic E-state index is 0.619.